The molecule has 2 fully saturated rings. The Morgan fingerprint density at radius 2 is 1.92 bits per heavy atom. The normalized spacial score (nSPS) is 24.5. The molecule has 1 aromatic heterocycles. The Kier molecular flexibility index (Phi) is 7.48. The zero-order chi connectivity index (χ0) is 26.8. The fraction of sp³-hybridized carbons (Fsp3) is 0.515. The van der Waals surface area contributed by atoms with Crippen molar-refractivity contribution in [3.05, 3.63) is 66.0 Å². The number of methoxy groups -OCH3 is 1. The maximum absolute atomic E-state index is 13.1. The number of esters is 1. The number of imidazole rings is 1. The van der Waals surface area contributed by atoms with E-state index in [1.807, 2.05) is 18.2 Å². The number of rotatable bonds is 11. The number of benzene rings is 2. The number of hydrogen-bond donors (Lipinski definition) is 1. The van der Waals surface area contributed by atoms with Gasteiger partial charge >= 0.3 is 5.97 Å². The number of H-pyrrole nitrogens is 1. The molecule has 2 aromatic carbocycles. The maximum Gasteiger partial charge on any atom is 0.309 e. The van der Waals surface area contributed by atoms with E-state index in [2.05, 4.69) is 53.3 Å². The van der Waals surface area contributed by atoms with E-state index in [0.717, 1.165) is 87.1 Å². The fourth-order valence-electron chi connectivity index (χ4n) is 6.86. The molecule has 6 heteroatoms. The second-order valence-electron chi connectivity index (χ2n) is 11.9. The molecule has 0 amide bonds. The Morgan fingerprint density at radius 1 is 1.08 bits per heavy atom. The topological polar surface area (TPSA) is 67.4 Å². The number of aromatic nitrogens is 2. The van der Waals surface area contributed by atoms with Crippen LogP contribution in [0.5, 0.6) is 5.75 Å². The first-order valence-electron chi connectivity index (χ1n) is 14.7. The van der Waals surface area contributed by atoms with Crippen molar-refractivity contribution in [2.75, 3.05) is 27.2 Å². The third kappa shape index (κ3) is 5.36. The summed E-state index contributed by atoms with van der Waals surface area (Å²) in [6.45, 7) is 1.89. The number of carbonyl (C=O) groups is 1. The number of para-hydroxylation sites is 1. The van der Waals surface area contributed by atoms with Crippen molar-refractivity contribution in [3.63, 3.8) is 0 Å². The molecule has 0 radical (unpaired) electrons. The molecule has 4 aliphatic carbocycles. The van der Waals surface area contributed by atoms with Crippen molar-refractivity contribution in [2.45, 2.75) is 63.4 Å². The van der Waals surface area contributed by atoms with Gasteiger partial charge in [-0.15, -0.1) is 0 Å². The average molecular weight is 528 g/mol. The molecule has 6 nitrogen and oxygen atoms in total. The molecule has 7 rings (SSSR count). The smallest absolute Gasteiger partial charge is 0.309 e. The molecule has 1 heterocycles. The summed E-state index contributed by atoms with van der Waals surface area (Å²) in [5.41, 5.74) is 4.32. The molecule has 0 spiro atoms. The van der Waals surface area contributed by atoms with Crippen LogP contribution in [0.25, 0.3) is 16.6 Å². The van der Waals surface area contributed by atoms with Gasteiger partial charge in [-0.1, -0.05) is 48.9 Å². The Hall–Kier alpha value is -3.12. The molecule has 0 unspecified atom stereocenters. The lowest BCUT2D eigenvalue weighted by atomic mass is 9.60. The highest BCUT2D eigenvalue weighted by atomic mass is 16.6. The number of nitrogens with zero attached hydrogens (tertiary/aromatic N) is 2. The molecule has 3 aromatic rings. The Morgan fingerprint density at radius 3 is 2.64 bits per heavy atom. The minimum absolute atomic E-state index is 0.0476. The van der Waals surface area contributed by atoms with Gasteiger partial charge in [0.05, 0.1) is 18.5 Å². The van der Waals surface area contributed by atoms with Gasteiger partial charge in [0.2, 0.25) is 0 Å². The van der Waals surface area contributed by atoms with Crippen LogP contribution >= 0.6 is 0 Å². The summed E-state index contributed by atoms with van der Waals surface area (Å²) in [6, 6.07) is 16.8. The number of aryl methyl sites for hydroxylation is 1. The molecular formula is C33H41N3O3. The molecule has 39 heavy (non-hydrogen) atoms. The van der Waals surface area contributed by atoms with Gasteiger partial charge in [0.25, 0.3) is 0 Å². The van der Waals surface area contributed by atoms with E-state index in [1.165, 1.54) is 17.6 Å². The molecule has 2 bridgehead atoms. The van der Waals surface area contributed by atoms with Crippen molar-refractivity contribution in [3.8, 4) is 5.75 Å². The zero-order valence-electron chi connectivity index (χ0n) is 23.3. The van der Waals surface area contributed by atoms with Crippen LogP contribution in [0.4, 0.5) is 0 Å². The van der Waals surface area contributed by atoms with Crippen LogP contribution < -0.4 is 4.74 Å². The van der Waals surface area contributed by atoms with E-state index in [9.17, 15) is 4.79 Å². The van der Waals surface area contributed by atoms with Crippen LogP contribution in [0.3, 0.4) is 0 Å². The van der Waals surface area contributed by atoms with Gasteiger partial charge in [-0.2, -0.15) is 0 Å². The Bertz CT molecular complexity index is 1330. The monoisotopic (exact) mass is 527 g/mol. The molecule has 4 aliphatic rings. The third-order valence-electron chi connectivity index (χ3n) is 9.38. The highest BCUT2D eigenvalue weighted by molar-refractivity contribution is 5.81. The predicted octanol–water partition coefficient (Wildman–Crippen LogP) is 6.42. The summed E-state index contributed by atoms with van der Waals surface area (Å²) in [5.74, 6) is 2.71. The highest BCUT2D eigenvalue weighted by Gasteiger charge is 2.51. The highest BCUT2D eigenvalue weighted by Crippen LogP contribution is 2.53. The fourth-order valence-corrected chi connectivity index (χ4v) is 6.86. The first-order chi connectivity index (χ1) is 19.0. The van der Waals surface area contributed by atoms with Crippen molar-refractivity contribution in [1.82, 2.24) is 14.9 Å². The Labute approximate surface area is 231 Å². The lowest BCUT2D eigenvalue weighted by molar-refractivity contribution is -0.180. The van der Waals surface area contributed by atoms with Gasteiger partial charge in [-0.3, -0.25) is 4.79 Å². The summed E-state index contributed by atoms with van der Waals surface area (Å²) in [4.78, 5) is 23.7. The van der Waals surface area contributed by atoms with Gasteiger partial charge < -0.3 is 19.4 Å². The van der Waals surface area contributed by atoms with Gasteiger partial charge in [-0.05, 0) is 81.3 Å². The van der Waals surface area contributed by atoms with Gasteiger partial charge in [0.15, 0.2) is 0 Å². The SMILES string of the molecule is COc1cccc2[nH]c(CCCN(C)CC[C@@]3(OC(=O)C4CCC4)C[C@@H]4CC[C@H]3C=C4c3ccccc3)nc12. The van der Waals surface area contributed by atoms with Crippen LogP contribution in [0.15, 0.2) is 54.6 Å². The van der Waals surface area contributed by atoms with Gasteiger partial charge in [0, 0.05) is 25.3 Å². The summed E-state index contributed by atoms with van der Waals surface area (Å²) >= 11 is 0. The number of allylic oxidation sites excluding steroid dienone is 1. The first-order valence-corrected chi connectivity index (χ1v) is 14.7. The summed E-state index contributed by atoms with van der Waals surface area (Å²) < 4.78 is 12.0. The standard InChI is InChI=1S/C33H41N3O3/c1-36(19-8-15-30-34-28-13-7-14-29(38-2)31(28)35-30)20-18-33(39-32(37)24-11-6-12-24)22-25-16-17-26(33)21-27(25)23-9-4-3-5-10-23/h3-5,7,9-10,13-14,21,24-26H,6,8,11-12,15-20,22H2,1-2H3,(H,34,35)/t25-,26-,33+/m0/s1. The zero-order valence-corrected chi connectivity index (χ0v) is 23.3. The molecule has 2 saturated carbocycles. The van der Waals surface area contributed by atoms with Crippen LogP contribution in [-0.2, 0) is 16.0 Å². The lowest BCUT2D eigenvalue weighted by Crippen LogP contribution is -2.52. The van der Waals surface area contributed by atoms with Gasteiger partial charge in [-0.25, -0.2) is 4.98 Å². The molecule has 1 N–H and O–H groups in total. The molecular weight excluding hydrogens is 486 g/mol. The molecule has 3 atom stereocenters. The van der Waals surface area contributed by atoms with E-state index in [-0.39, 0.29) is 17.5 Å². The van der Waals surface area contributed by atoms with Crippen LogP contribution in [0.2, 0.25) is 0 Å². The van der Waals surface area contributed by atoms with E-state index in [0.29, 0.717) is 11.8 Å². The quantitative estimate of drug-likeness (QED) is 0.291. The number of aromatic amines is 1. The molecule has 206 valence electrons. The van der Waals surface area contributed by atoms with Gasteiger partial charge in [0.1, 0.15) is 22.7 Å². The number of hydrogen-bond acceptors (Lipinski definition) is 5. The number of fused-ring (bicyclic) bond motifs is 3. The summed E-state index contributed by atoms with van der Waals surface area (Å²) in [7, 11) is 3.88. The molecule has 0 saturated heterocycles. The van der Waals surface area contributed by atoms with Crippen LogP contribution in [-0.4, -0.2) is 53.7 Å². The van der Waals surface area contributed by atoms with Crippen molar-refractivity contribution < 1.29 is 14.3 Å². The van der Waals surface area contributed by atoms with E-state index in [4.69, 9.17) is 14.5 Å². The van der Waals surface area contributed by atoms with E-state index >= 15 is 0 Å². The Balaban J connectivity index is 1.10. The van der Waals surface area contributed by atoms with E-state index in [1.54, 1.807) is 7.11 Å². The van der Waals surface area contributed by atoms with Crippen LogP contribution in [0.1, 0.15) is 62.8 Å². The maximum atomic E-state index is 13.1. The number of nitrogens with one attached hydrogen (secondary N) is 1. The summed E-state index contributed by atoms with van der Waals surface area (Å²) in [5, 5.41) is 0. The third-order valence-corrected chi connectivity index (χ3v) is 9.38. The first kappa shape index (κ1) is 26.1. The lowest BCUT2D eigenvalue weighted by Gasteiger charge is -2.51. The number of carbonyl (C=O) groups excluding carboxylic acids is 1. The van der Waals surface area contributed by atoms with E-state index < -0.39 is 0 Å². The van der Waals surface area contributed by atoms with Crippen molar-refractivity contribution >= 4 is 22.6 Å². The van der Waals surface area contributed by atoms with Crippen molar-refractivity contribution in [1.29, 1.82) is 0 Å². The average Bonchev–Trinajstić information content (AvgIpc) is 3.35. The van der Waals surface area contributed by atoms with Crippen molar-refractivity contribution in [2.24, 2.45) is 17.8 Å². The summed E-state index contributed by atoms with van der Waals surface area (Å²) in [6.07, 6.45) is 11.6. The molecule has 0 aliphatic heterocycles. The second-order valence-corrected chi connectivity index (χ2v) is 11.9. The predicted molar refractivity (Wildman–Crippen MR) is 154 cm³/mol. The second kappa shape index (κ2) is 11.2. The largest absolute Gasteiger partial charge is 0.494 e. The number of ether oxygens (including phenoxy) is 2. The minimum Gasteiger partial charge on any atom is -0.494 e. The van der Waals surface area contributed by atoms with Crippen LogP contribution in [0, 0.1) is 17.8 Å². The minimum atomic E-state index is -0.378.